The summed E-state index contributed by atoms with van der Waals surface area (Å²) in [5.74, 6) is 0.0536. The number of benzene rings is 1. The van der Waals surface area contributed by atoms with Crippen molar-refractivity contribution in [3.63, 3.8) is 0 Å². The van der Waals surface area contributed by atoms with Gasteiger partial charge in [-0.3, -0.25) is 4.79 Å². The summed E-state index contributed by atoms with van der Waals surface area (Å²) in [5.41, 5.74) is 0. The first-order chi connectivity index (χ1) is 6.63. The molecule has 76 valence electrons. The van der Waals surface area contributed by atoms with E-state index in [-0.39, 0.29) is 11.2 Å². The van der Waals surface area contributed by atoms with E-state index in [0.717, 1.165) is 9.37 Å². The molecule has 0 saturated heterocycles. The van der Waals surface area contributed by atoms with E-state index in [1.807, 2.05) is 31.2 Å². The molecule has 1 amide bonds. The van der Waals surface area contributed by atoms with E-state index in [0.29, 0.717) is 0 Å². The van der Waals surface area contributed by atoms with E-state index in [2.05, 4.69) is 21.2 Å². The average Bonchev–Trinajstić information content (AvgIpc) is 2.20. The van der Waals surface area contributed by atoms with Gasteiger partial charge in [0.05, 0.1) is 5.25 Å². The van der Waals surface area contributed by atoms with Gasteiger partial charge in [-0.2, -0.15) is 0 Å². The number of thioether (sulfide) groups is 1. The Morgan fingerprint density at radius 2 is 2.00 bits per heavy atom. The highest BCUT2D eigenvalue weighted by molar-refractivity contribution is 9.10. The number of carbonyl (C=O) groups excluding carboxylic acids is 1. The van der Waals surface area contributed by atoms with Gasteiger partial charge in [0.25, 0.3) is 0 Å². The number of amides is 1. The molecule has 0 aliphatic rings. The summed E-state index contributed by atoms with van der Waals surface area (Å²) in [6.45, 7) is 1.89. The zero-order valence-corrected chi connectivity index (χ0v) is 10.5. The molecule has 0 aliphatic carbocycles. The van der Waals surface area contributed by atoms with E-state index >= 15 is 0 Å². The highest BCUT2D eigenvalue weighted by Gasteiger charge is 2.11. The first-order valence-corrected chi connectivity index (χ1v) is 5.94. The molecule has 1 atom stereocenters. The van der Waals surface area contributed by atoms with Gasteiger partial charge < -0.3 is 5.32 Å². The summed E-state index contributed by atoms with van der Waals surface area (Å²) in [4.78, 5) is 12.3. The van der Waals surface area contributed by atoms with Crippen LogP contribution in [0.25, 0.3) is 0 Å². The molecule has 2 nitrogen and oxygen atoms in total. The van der Waals surface area contributed by atoms with Crippen molar-refractivity contribution in [1.29, 1.82) is 0 Å². The number of hydrogen-bond donors (Lipinski definition) is 1. The van der Waals surface area contributed by atoms with Gasteiger partial charge in [-0.1, -0.05) is 15.9 Å². The van der Waals surface area contributed by atoms with Crippen molar-refractivity contribution in [3.8, 4) is 0 Å². The summed E-state index contributed by atoms with van der Waals surface area (Å²) < 4.78 is 1.05. The van der Waals surface area contributed by atoms with Gasteiger partial charge in [-0.25, -0.2) is 0 Å². The van der Waals surface area contributed by atoms with E-state index in [1.54, 1.807) is 18.8 Å². The first kappa shape index (κ1) is 11.6. The van der Waals surface area contributed by atoms with Crippen LogP contribution >= 0.6 is 27.7 Å². The highest BCUT2D eigenvalue weighted by atomic mass is 79.9. The van der Waals surface area contributed by atoms with Crippen LogP contribution in [0.1, 0.15) is 6.92 Å². The van der Waals surface area contributed by atoms with Gasteiger partial charge in [-0.05, 0) is 31.2 Å². The Bertz CT molecular complexity index is 312. The monoisotopic (exact) mass is 273 g/mol. The minimum Gasteiger partial charge on any atom is -0.358 e. The lowest BCUT2D eigenvalue weighted by Gasteiger charge is -2.09. The SMILES string of the molecule is CNC(=O)C(C)Sc1ccc(Br)cc1. The fraction of sp³-hybridized carbons (Fsp3) is 0.300. The van der Waals surface area contributed by atoms with Crippen LogP contribution < -0.4 is 5.32 Å². The third-order valence-corrected chi connectivity index (χ3v) is 3.38. The van der Waals surface area contributed by atoms with E-state index < -0.39 is 0 Å². The average molecular weight is 274 g/mol. The van der Waals surface area contributed by atoms with Crippen LogP contribution in [0, 0.1) is 0 Å². The number of hydrogen-bond acceptors (Lipinski definition) is 2. The quantitative estimate of drug-likeness (QED) is 0.859. The van der Waals surface area contributed by atoms with E-state index in [4.69, 9.17) is 0 Å². The number of carbonyl (C=O) groups is 1. The molecule has 0 aromatic heterocycles. The van der Waals surface area contributed by atoms with E-state index in [1.165, 1.54) is 0 Å². The van der Waals surface area contributed by atoms with Gasteiger partial charge in [0, 0.05) is 16.4 Å². The van der Waals surface area contributed by atoms with Crippen molar-refractivity contribution >= 4 is 33.6 Å². The zero-order chi connectivity index (χ0) is 10.6. The van der Waals surface area contributed by atoms with Crippen LogP contribution in [0.5, 0.6) is 0 Å². The normalized spacial score (nSPS) is 12.2. The molecule has 0 aliphatic heterocycles. The Kier molecular flexibility index (Phi) is 4.48. The maximum absolute atomic E-state index is 11.2. The molecule has 4 heteroatoms. The van der Waals surface area contributed by atoms with Crippen molar-refractivity contribution in [2.45, 2.75) is 17.1 Å². The minimum absolute atomic E-state index is 0.0536. The van der Waals surface area contributed by atoms with Gasteiger partial charge >= 0.3 is 0 Å². The zero-order valence-electron chi connectivity index (χ0n) is 8.08. The fourth-order valence-electron chi connectivity index (χ4n) is 0.974. The van der Waals surface area contributed by atoms with E-state index in [9.17, 15) is 4.79 Å². The Balaban J connectivity index is 2.60. The Morgan fingerprint density at radius 3 is 2.50 bits per heavy atom. The van der Waals surface area contributed by atoms with Crippen molar-refractivity contribution < 1.29 is 4.79 Å². The predicted octanol–water partition coefficient (Wildman–Crippen LogP) is 2.68. The molecule has 0 fully saturated rings. The number of nitrogens with one attached hydrogen (secondary N) is 1. The van der Waals surface area contributed by atoms with Crippen LogP contribution in [0.3, 0.4) is 0 Å². The maximum atomic E-state index is 11.2. The lowest BCUT2D eigenvalue weighted by atomic mass is 10.4. The van der Waals surface area contributed by atoms with Crippen molar-refractivity contribution in [1.82, 2.24) is 5.32 Å². The molecule has 1 aromatic rings. The lowest BCUT2D eigenvalue weighted by Crippen LogP contribution is -2.27. The van der Waals surface area contributed by atoms with Gasteiger partial charge in [-0.15, -0.1) is 11.8 Å². The molecule has 0 spiro atoms. The third kappa shape index (κ3) is 3.35. The Morgan fingerprint density at radius 1 is 1.43 bits per heavy atom. The second-order valence-corrected chi connectivity index (χ2v) is 5.16. The van der Waals surface area contributed by atoms with Crippen LogP contribution in [0.15, 0.2) is 33.6 Å². The van der Waals surface area contributed by atoms with Crippen LogP contribution in [-0.2, 0) is 4.79 Å². The van der Waals surface area contributed by atoms with Crippen LogP contribution in [0.4, 0.5) is 0 Å². The molecule has 0 radical (unpaired) electrons. The molecule has 0 heterocycles. The third-order valence-electron chi connectivity index (χ3n) is 1.74. The second-order valence-electron chi connectivity index (χ2n) is 2.83. The summed E-state index contributed by atoms with van der Waals surface area (Å²) in [5, 5.41) is 2.57. The molecule has 1 aromatic carbocycles. The van der Waals surface area contributed by atoms with Crippen molar-refractivity contribution in [2.24, 2.45) is 0 Å². The van der Waals surface area contributed by atoms with Gasteiger partial charge in [0.1, 0.15) is 0 Å². The lowest BCUT2D eigenvalue weighted by molar-refractivity contribution is -0.119. The maximum Gasteiger partial charge on any atom is 0.232 e. The standard InChI is InChI=1S/C10H12BrNOS/c1-7(10(13)12-2)14-9-5-3-8(11)4-6-9/h3-7H,1-2H3,(H,12,13). The van der Waals surface area contributed by atoms with Crippen LogP contribution in [0.2, 0.25) is 0 Å². The molecule has 0 bridgehead atoms. The first-order valence-electron chi connectivity index (χ1n) is 4.27. The minimum atomic E-state index is -0.0545. The molecule has 1 rings (SSSR count). The van der Waals surface area contributed by atoms with Crippen LogP contribution in [-0.4, -0.2) is 18.2 Å². The molecule has 1 N–H and O–H groups in total. The van der Waals surface area contributed by atoms with Gasteiger partial charge in [0.15, 0.2) is 0 Å². The number of rotatable bonds is 3. The molecular weight excluding hydrogens is 262 g/mol. The smallest absolute Gasteiger partial charge is 0.232 e. The molecule has 0 saturated carbocycles. The highest BCUT2D eigenvalue weighted by Crippen LogP contribution is 2.24. The fourth-order valence-corrected chi connectivity index (χ4v) is 2.16. The summed E-state index contributed by atoms with van der Waals surface area (Å²) in [6, 6.07) is 7.93. The second kappa shape index (κ2) is 5.41. The molecule has 1 unspecified atom stereocenters. The number of halogens is 1. The molecule has 14 heavy (non-hydrogen) atoms. The van der Waals surface area contributed by atoms with Gasteiger partial charge in [0.2, 0.25) is 5.91 Å². The summed E-state index contributed by atoms with van der Waals surface area (Å²) in [6.07, 6.45) is 0. The Labute approximate surface area is 96.6 Å². The predicted molar refractivity (Wildman–Crippen MR) is 63.5 cm³/mol. The van der Waals surface area contributed by atoms with Crippen molar-refractivity contribution in [3.05, 3.63) is 28.7 Å². The summed E-state index contributed by atoms with van der Waals surface area (Å²) in [7, 11) is 1.65. The summed E-state index contributed by atoms with van der Waals surface area (Å²) >= 11 is 4.92. The Hall–Kier alpha value is -0.480. The van der Waals surface area contributed by atoms with Crippen molar-refractivity contribution in [2.75, 3.05) is 7.05 Å². The molecular formula is C10H12BrNOS. The largest absolute Gasteiger partial charge is 0.358 e. The topological polar surface area (TPSA) is 29.1 Å².